The Morgan fingerprint density at radius 3 is 2.55 bits per heavy atom. The lowest BCUT2D eigenvalue weighted by Gasteiger charge is -2.26. The summed E-state index contributed by atoms with van der Waals surface area (Å²) in [4.78, 5) is 16.1. The van der Waals surface area contributed by atoms with Crippen LogP contribution in [0.25, 0.3) is 22.8 Å². The van der Waals surface area contributed by atoms with E-state index in [4.69, 9.17) is 21.1 Å². The van der Waals surface area contributed by atoms with Gasteiger partial charge < -0.3 is 4.52 Å². The maximum atomic E-state index is 5.94. The Balaban J connectivity index is 1.29. The topological polar surface area (TPSA) is 67.9 Å². The van der Waals surface area contributed by atoms with Gasteiger partial charge in [-0.2, -0.15) is 4.98 Å². The standard InChI is InChI=1S/C22H18ClN5O/c23-18-8-6-16(7-9-18)22-26-20(29-27-22)14-28-11-10-19-17(13-28)12-24-21(25-19)15-4-2-1-3-5-15/h1-9,12H,10-11,13-14H2. The molecule has 0 bridgehead atoms. The Labute approximate surface area is 173 Å². The average Bonchev–Trinajstić information content (AvgIpc) is 3.23. The van der Waals surface area contributed by atoms with Crippen LogP contribution in [0.2, 0.25) is 5.02 Å². The Morgan fingerprint density at radius 2 is 1.72 bits per heavy atom. The van der Waals surface area contributed by atoms with E-state index in [0.717, 1.165) is 47.7 Å². The molecule has 2 aromatic carbocycles. The highest BCUT2D eigenvalue weighted by Crippen LogP contribution is 2.23. The molecule has 1 aliphatic heterocycles. The van der Waals surface area contributed by atoms with Gasteiger partial charge in [0.05, 0.1) is 12.2 Å². The van der Waals surface area contributed by atoms with Crippen molar-refractivity contribution < 1.29 is 4.52 Å². The van der Waals surface area contributed by atoms with Crippen LogP contribution in [-0.4, -0.2) is 31.6 Å². The molecule has 0 saturated carbocycles. The molecular weight excluding hydrogens is 386 g/mol. The molecule has 29 heavy (non-hydrogen) atoms. The summed E-state index contributed by atoms with van der Waals surface area (Å²) in [5.41, 5.74) is 4.18. The Bertz CT molecular complexity index is 1130. The smallest absolute Gasteiger partial charge is 0.241 e. The SMILES string of the molecule is Clc1ccc(-c2noc(CN3CCc4nc(-c5ccccc5)ncc4C3)n2)cc1. The Hall–Kier alpha value is -3.09. The zero-order chi connectivity index (χ0) is 19.6. The molecule has 6 nitrogen and oxygen atoms in total. The van der Waals surface area contributed by atoms with Gasteiger partial charge in [-0.05, 0) is 24.3 Å². The first-order chi connectivity index (χ1) is 14.2. The molecule has 0 radical (unpaired) electrons. The molecule has 3 heterocycles. The predicted molar refractivity (Wildman–Crippen MR) is 110 cm³/mol. The van der Waals surface area contributed by atoms with Crippen molar-refractivity contribution in [2.75, 3.05) is 6.54 Å². The first-order valence-corrected chi connectivity index (χ1v) is 9.83. The molecule has 0 saturated heterocycles. The second-order valence-corrected chi connectivity index (χ2v) is 7.45. The van der Waals surface area contributed by atoms with Crippen molar-refractivity contribution in [3.63, 3.8) is 0 Å². The fourth-order valence-electron chi connectivity index (χ4n) is 3.46. The van der Waals surface area contributed by atoms with E-state index in [1.165, 1.54) is 0 Å². The van der Waals surface area contributed by atoms with Crippen molar-refractivity contribution in [2.24, 2.45) is 0 Å². The van der Waals surface area contributed by atoms with E-state index < -0.39 is 0 Å². The van der Waals surface area contributed by atoms with Gasteiger partial charge in [0, 0.05) is 47.4 Å². The van der Waals surface area contributed by atoms with Crippen LogP contribution < -0.4 is 0 Å². The third kappa shape index (κ3) is 3.90. The normalized spacial score (nSPS) is 14.0. The largest absolute Gasteiger partial charge is 0.338 e. The highest BCUT2D eigenvalue weighted by molar-refractivity contribution is 6.30. The molecule has 0 fully saturated rings. The summed E-state index contributed by atoms with van der Waals surface area (Å²) in [7, 11) is 0. The fraction of sp³-hybridized carbons (Fsp3) is 0.182. The van der Waals surface area contributed by atoms with Gasteiger partial charge in [-0.25, -0.2) is 9.97 Å². The van der Waals surface area contributed by atoms with E-state index in [2.05, 4.69) is 20.0 Å². The van der Waals surface area contributed by atoms with Crippen molar-refractivity contribution in [2.45, 2.75) is 19.5 Å². The van der Waals surface area contributed by atoms with Gasteiger partial charge in [-0.15, -0.1) is 0 Å². The molecule has 5 rings (SSSR count). The van der Waals surface area contributed by atoms with Crippen LogP contribution in [0.5, 0.6) is 0 Å². The van der Waals surface area contributed by atoms with Crippen LogP contribution >= 0.6 is 11.6 Å². The number of hydrogen-bond acceptors (Lipinski definition) is 6. The van der Waals surface area contributed by atoms with E-state index in [-0.39, 0.29) is 0 Å². The molecule has 0 N–H and O–H groups in total. The predicted octanol–water partition coefficient (Wildman–Crippen LogP) is 4.41. The van der Waals surface area contributed by atoms with Crippen molar-refractivity contribution in [1.82, 2.24) is 25.0 Å². The number of fused-ring (bicyclic) bond motifs is 1. The van der Waals surface area contributed by atoms with Crippen molar-refractivity contribution in [3.8, 4) is 22.8 Å². The van der Waals surface area contributed by atoms with Gasteiger partial charge in [-0.1, -0.05) is 47.1 Å². The van der Waals surface area contributed by atoms with Gasteiger partial charge >= 0.3 is 0 Å². The maximum absolute atomic E-state index is 5.94. The second kappa shape index (κ2) is 7.73. The van der Waals surface area contributed by atoms with E-state index in [1.54, 1.807) is 0 Å². The molecule has 0 aliphatic carbocycles. The zero-order valence-corrected chi connectivity index (χ0v) is 16.4. The fourth-order valence-corrected chi connectivity index (χ4v) is 3.59. The summed E-state index contributed by atoms with van der Waals surface area (Å²) < 4.78 is 5.45. The number of aromatic nitrogens is 4. The number of nitrogens with zero attached hydrogens (tertiary/aromatic N) is 5. The second-order valence-electron chi connectivity index (χ2n) is 7.01. The molecule has 0 amide bonds. The number of benzene rings is 2. The average molecular weight is 404 g/mol. The molecule has 1 aliphatic rings. The lowest BCUT2D eigenvalue weighted by molar-refractivity contribution is 0.209. The van der Waals surface area contributed by atoms with Crippen molar-refractivity contribution in [1.29, 1.82) is 0 Å². The first-order valence-electron chi connectivity index (χ1n) is 9.46. The van der Waals surface area contributed by atoms with Gasteiger partial charge in [0.15, 0.2) is 5.82 Å². The van der Waals surface area contributed by atoms with Crippen LogP contribution in [-0.2, 0) is 19.5 Å². The zero-order valence-electron chi connectivity index (χ0n) is 15.6. The number of halogens is 1. The third-order valence-corrected chi connectivity index (χ3v) is 5.23. The highest BCUT2D eigenvalue weighted by atomic mass is 35.5. The van der Waals surface area contributed by atoms with Gasteiger partial charge in [0.1, 0.15) is 0 Å². The summed E-state index contributed by atoms with van der Waals surface area (Å²) in [5, 5.41) is 4.77. The monoisotopic (exact) mass is 403 g/mol. The maximum Gasteiger partial charge on any atom is 0.241 e. The lowest BCUT2D eigenvalue weighted by Crippen LogP contribution is -2.31. The van der Waals surface area contributed by atoms with Crippen LogP contribution in [0.1, 0.15) is 17.1 Å². The Kier molecular flexibility index (Phi) is 4.79. The minimum absolute atomic E-state index is 0.574. The van der Waals surface area contributed by atoms with Crippen LogP contribution in [0.4, 0.5) is 0 Å². The van der Waals surface area contributed by atoms with Crippen LogP contribution in [0.3, 0.4) is 0 Å². The molecule has 0 atom stereocenters. The molecular formula is C22H18ClN5O. The Morgan fingerprint density at radius 1 is 0.931 bits per heavy atom. The van der Waals surface area contributed by atoms with Gasteiger partial charge in [0.2, 0.25) is 11.7 Å². The highest BCUT2D eigenvalue weighted by Gasteiger charge is 2.21. The summed E-state index contributed by atoms with van der Waals surface area (Å²) >= 11 is 5.94. The molecule has 7 heteroatoms. The van der Waals surface area contributed by atoms with E-state index >= 15 is 0 Å². The van der Waals surface area contributed by atoms with Gasteiger partial charge in [-0.3, -0.25) is 4.90 Å². The summed E-state index contributed by atoms with van der Waals surface area (Å²) in [5.74, 6) is 1.95. The van der Waals surface area contributed by atoms with E-state index in [9.17, 15) is 0 Å². The minimum atomic E-state index is 0.574. The van der Waals surface area contributed by atoms with E-state index in [1.807, 2.05) is 60.8 Å². The molecule has 2 aromatic heterocycles. The van der Waals surface area contributed by atoms with Gasteiger partial charge in [0.25, 0.3) is 0 Å². The minimum Gasteiger partial charge on any atom is -0.338 e. The third-order valence-electron chi connectivity index (χ3n) is 4.97. The van der Waals surface area contributed by atoms with Crippen LogP contribution in [0, 0.1) is 0 Å². The summed E-state index contributed by atoms with van der Waals surface area (Å²) in [6, 6.07) is 17.5. The quantitative estimate of drug-likeness (QED) is 0.503. The lowest BCUT2D eigenvalue weighted by atomic mass is 10.1. The molecule has 4 aromatic rings. The van der Waals surface area contributed by atoms with E-state index in [0.29, 0.717) is 23.3 Å². The van der Waals surface area contributed by atoms with Crippen molar-refractivity contribution in [3.05, 3.63) is 83.0 Å². The first kappa shape index (κ1) is 18.0. The number of hydrogen-bond donors (Lipinski definition) is 0. The molecule has 0 unspecified atom stereocenters. The summed E-state index contributed by atoms with van der Waals surface area (Å²) in [6.07, 6.45) is 2.81. The molecule has 0 spiro atoms. The van der Waals surface area contributed by atoms with Crippen molar-refractivity contribution >= 4 is 11.6 Å². The number of rotatable bonds is 4. The van der Waals surface area contributed by atoms with Crippen LogP contribution in [0.15, 0.2) is 65.3 Å². The summed E-state index contributed by atoms with van der Waals surface area (Å²) in [6.45, 7) is 2.25. The molecule has 144 valence electrons.